The van der Waals surface area contributed by atoms with Crippen molar-refractivity contribution in [1.29, 1.82) is 0 Å². The van der Waals surface area contributed by atoms with E-state index in [0.717, 1.165) is 0 Å². The molecule has 0 aliphatic heterocycles. The molecule has 0 aromatic rings. The van der Waals surface area contributed by atoms with Crippen LogP contribution >= 0.6 is 0 Å². The van der Waals surface area contributed by atoms with Gasteiger partial charge in [-0.3, -0.25) is 0 Å². The first-order valence-corrected chi connectivity index (χ1v) is 17.6. The second kappa shape index (κ2) is 15.4. The Labute approximate surface area is 140 Å². The van der Waals surface area contributed by atoms with Crippen molar-refractivity contribution >= 4 is 18.4 Å². The van der Waals surface area contributed by atoms with Gasteiger partial charge in [0.15, 0.2) is 0 Å². The Morgan fingerprint density at radius 3 is 1.48 bits per heavy atom. The van der Waals surface area contributed by atoms with Gasteiger partial charge in [0.05, 0.1) is 0 Å². The molecule has 0 aliphatic rings. The summed E-state index contributed by atoms with van der Waals surface area (Å²) in [5.74, 6) is 0. The first kappa shape index (κ1) is 21.5. The van der Waals surface area contributed by atoms with Crippen molar-refractivity contribution in [3.05, 3.63) is 10.2 Å². The Hall–Kier alpha value is 0.539. The molecule has 0 saturated carbocycles. The fraction of sp³-hybridized carbons (Fsp3) is 0.900. The van der Waals surface area contributed by atoms with Crippen molar-refractivity contribution < 1.29 is 0 Å². The molecule has 0 aliphatic carbocycles. The molecule has 0 rings (SSSR count). The van der Waals surface area contributed by atoms with Gasteiger partial charge in [0.2, 0.25) is 0 Å². The summed E-state index contributed by atoms with van der Waals surface area (Å²) < 4.78 is 7.71. The maximum absolute atomic E-state index is 2.85. The van der Waals surface area contributed by atoms with Crippen LogP contribution in [0.5, 0.6) is 0 Å². The van der Waals surface area contributed by atoms with E-state index in [1.165, 1.54) is 70.6 Å². The molecule has 0 nitrogen and oxygen atoms in total. The van der Waals surface area contributed by atoms with Gasteiger partial charge in [0.25, 0.3) is 0 Å². The standard InChI is InChI=1S/C8H15.3C4H9.Sn/c1-3-5-7-8-6-4-2;3*1-3-4-2;/h1,3H,4-8H2,2H3;3*1,3-4H2,2H3;. The zero-order valence-electron chi connectivity index (χ0n) is 15.6. The molecule has 0 saturated heterocycles. The van der Waals surface area contributed by atoms with Crippen LogP contribution in [0.1, 0.15) is 98.3 Å². The van der Waals surface area contributed by atoms with Gasteiger partial charge in [-0.15, -0.1) is 0 Å². The Kier molecular flexibility index (Phi) is 15.8. The minimum absolute atomic E-state index is 1.35. The quantitative estimate of drug-likeness (QED) is 0.193. The summed E-state index contributed by atoms with van der Waals surface area (Å²) in [7, 11) is 0. The molecule has 0 unspecified atom stereocenters. The summed E-state index contributed by atoms with van der Waals surface area (Å²) in [6, 6.07) is 0. The van der Waals surface area contributed by atoms with Crippen LogP contribution in [0.2, 0.25) is 13.3 Å². The Morgan fingerprint density at radius 2 is 1.05 bits per heavy atom. The van der Waals surface area contributed by atoms with E-state index in [1.54, 1.807) is 13.3 Å². The molecule has 0 fully saturated rings. The molecule has 126 valence electrons. The third kappa shape index (κ3) is 11.7. The minimum atomic E-state index is -1.94. The summed E-state index contributed by atoms with van der Waals surface area (Å²) in [5, 5.41) is 0. The number of hydrogen-bond acceptors (Lipinski definition) is 0. The van der Waals surface area contributed by atoms with Crippen molar-refractivity contribution in [3.8, 4) is 0 Å². The molecule has 1 heteroatoms. The number of allylic oxidation sites excluding steroid dienone is 1. The predicted octanol–water partition coefficient (Wildman–Crippen LogP) is 7.90. The van der Waals surface area contributed by atoms with Crippen molar-refractivity contribution in [3.63, 3.8) is 0 Å². The van der Waals surface area contributed by atoms with E-state index in [9.17, 15) is 0 Å². The molecular weight excluding hydrogens is 359 g/mol. The molecule has 0 spiro atoms. The van der Waals surface area contributed by atoms with E-state index in [0.29, 0.717) is 0 Å². The molecular formula is C20H42Sn. The molecule has 21 heavy (non-hydrogen) atoms. The van der Waals surface area contributed by atoms with Crippen molar-refractivity contribution in [2.45, 2.75) is 112 Å². The van der Waals surface area contributed by atoms with Crippen LogP contribution in [0.25, 0.3) is 0 Å². The number of rotatable bonds is 15. The summed E-state index contributed by atoms with van der Waals surface area (Å²) in [6.07, 6.45) is 18.2. The topological polar surface area (TPSA) is 0 Å². The van der Waals surface area contributed by atoms with Gasteiger partial charge in [0, 0.05) is 0 Å². The van der Waals surface area contributed by atoms with Gasteiger partial charge in [-0.1, -0.05) is 0 Å². The molecule has 0 aromatic carbocycles. The number of hydrogen-bond donors (Lipinski definition) is 0. The van der Waals surface area contributed by atoms with Crippen molar-refractivity contribution in [2.75, 3.05) is 0 Å². The van der Waals surface area contributed by atoms with Gasteiger partial charge in [-0.05, 0) is 0 Å². The van der Waals surface area contributed by atoms with Crippen LogP contribution in [0.3, 0.4) is 0 Å². The first-order valence-electron chi connectivity index (χ1n) is 9.92. The Bertz CT molecular complexity index is 210. The summed E-state index contributed by atoms with van der Waals surface area (Å²) >= 11 is -1.94. The molecule has 0 N–H and O–H groups in total. The molecule has 0 aromatic heterocycles. The third-order valence-corrected chi connectivity index (χ3v) is 19.0. The van der Waals surface area contributed by atoms with Crippen LogP contribution in [0.4, 0.5) is 0 Å². The summed E-state index contributed by atoms with van der Waals surface area (Å²) in [6.45, 7) is 9.40. The van der Waals surface area contributed by atoms with Gasteiger partial charge in [-0.2, -0.15) is 0 Å². The van der Waals surface area contributed by atoms with E-state index >= 15 is 0 Å². The van der Waals surface area contributed by atoms with E-state index in [-0.39, 0.29) is 0 Å². The van der Waals surface area contributed by atoms with E-state index in [1.807, 2.05) is 0 Å². The monoisotopic (exact) mass is 402 g/mol. The van der Waals surface area contributed by atoms with Crippen LogP contribution in [0.15, 0.2) is 10.2 Å². The molecule has 0 radical (unpaired) electrons. The second-order valence-electron chi connectivity index (χ2n) is 6.92. The fourth-order valence-electron chi connectivity index (χ4n) is 3.23. The van der Waals surface area contributed by atoms with E-state index < -0.39 is 18.4 Å². The van der Waals surface area contributed by atoms with Gasteiger partial charge in [-0.25, -0.2) is 0 Å². The predicted molar refractivity (Wildman–Crippen MR) is 103 cm³/mol. The fourth-order valence-corrected chi connectivity index (χ4v) is 17.8. The van der Waals surface area contributed by atoms with Gasteiger partial charge >= 0.3 is 140 Å². The van der Waals surface area contributed by atoms with E-state index in [2.05, 4.69) is 37.9 Å². The average molecular weight is 401 g/mol. The van der Waals surface area contributed by atoms with Gasteiger partial charge in [0.1, 0.15) is 0 Å². The zero-order chi connectivity index (χ0) is 15.8. The van der Waals surface area contributed by atoms with Crippen LogP contribution in [-0.2, 0) is 0 Å². The number of unbranched alkanes of at least 4 members (excludes halogenated alkanes) is 7. The second-order valence-corrected chi connectivity index (χ2v) is 19.9. The molecule has 0 amide bonds. The molecule has 0 heterocycles. The summed E-state index contributed by atoms with van der Waals surface area (Å²) in [5.41, 5.74) is 0. The third-order valence-electron chi connectivity index (χ3n) is 4.78. The van der Waals surface area contributed by atoms with Crippen LogP contribution in [-0.4, -0.2) is 18.4 Å². The van der Waals surface area contributed by atoms with Crippen LogP contribution in [0, 0.1) is 0 Å². The average Bonchev–Trinajstić information content (AvgIpc) is 2.51. The summed E-state index contributed by atoms with van der Waals surface area (Å²) in [4.78, 5) is 0. The van der Waals surface area contributed by atoms with Crippen LogP contribution < -0.4 is 0 Å². The van der Waals surface area contributed by atoms with Gasteiger partial charge < -0.3 is 0 Å². The maximum atomic E-state index is 2.85. The Morgan fingerprint density at radius 1 is 0.571 bits per heavy atom. The van der Waals surface area contributed by atoms with Crippen molar-refractivity contribution in [1.82, 2.24) is 0 Å². The molecule has 0 atom stereocenters. The first-order chi connectivity index (χ1) is 10.2. The SMILES string of the molecule is CCCCCC/C=[CH]/[Sn]([CH2]CCC)([CH2]CCC)[CH2]CCC. The molecule has 0 bridgehead atoms. The van der Waals surface area contributed by atoms with E-state index in [4.69, 9.17) is 0 Å². The zero-order valence-corrected chi connectivity index (χ0v) is 18.4. The normalized spacial score (nSPS) is 12.4. The van der Waals surface area contributed by atoms with Crippen molar-refractivity contribution in [2.24, 2.45) is 0 Å². The Balaban J connectivity index is 4.50.